The molecule has 2 heteroatoms. The molecule has 0 aliphatic rings. The van der Waals surface area contributed by atoms with Crippen LogP contribution >= 0.6 is 12.4 Å². The molecule has 0 aliphatic heterocycles. The number of anilines is 1. The number of rotatable bonds is 16. The van der Waals surface area contributed by atoms with E-state index in [9.17, 15) is 0 Å². The van der Waals surface area contributed by atoms with E-state index in [0.717, 1.165) is 6.54 Å². The van der Waals surface area contributed by atoms with Crippen LogP contribution in [0.5, 0.6) is 0 Å². The zero-order valence-corrected chi connectivity index (χ0v) is 16.7. The molecule has 0 fully saturated rings. The fraction of sp³-hybridized carbons (Fsp3) is 0.727. The van der Waals surface area contributed by atoms with Crippen molar-refractivity contribution in [2.75, 3.05) is 11.9 Å². The average Bonchev–Trinajstić information content (AvgIpc) is 2.59. The molecule has 140 valence electrons. The van der Waals surface area contributed by atoms with Gasteiger partial charge >= 0.3 is 0 Å². The van der Waals surface area contributed by atoms with Crippen LogP contribution in [-0.2, 0) is 0 Å². The largest absolute Gasteiger partial charge is 0.385 e. The molecule has 24 heavy (non-hydrogen) atoms. The van der Waals surface area contributed by atoms with E-state index in [0.29, 0.717) is 0 Å². The van der Waals surface area contributed by atoms with Crippen LogP contribution in [0, 0.1) is 0 Å². The van der Waals surface area contributed by atoms with Crippen LogP contribution in [0.1, 0.15) is 96.8 Å². The van der Waals surface area contributed by atoms with Crippen LogP contribution in [0.3, 0.4) is 0 Å². The molecule has 0 saturated carbocycles. The zero-order chi connectivity index (χ0) is 16.4. The minimum Gasteiger partial charge on any atom is -0.385 e. The summed E-state index contributed by atoms with van der Waals surface area (Å²) in [6.07, 6.45) is 20.0. The zero-order valence-electron chi connectivity index (χ0n) is 15.9. The summed E-state index contributed by atoms with van der Waals surface area (Å²) in [5, 5.41) is 3.49. The number of hydrogen-bond donors (Lipinski definition) is 1. The average molecular weight is 354 g/mol. The molecule has 1 N–H and O–H groups in total. The minimum atomic E-state index is 0. The van der Waals surface area contributed by atoms with Crippen LogP contribution < -0.4 is 5.32 Å². The first kappa shape index (κ1) is 23.3. The molecule has 0 atom stereocenters. The van der Waals surface area contributed by atoms with Gasteiger partial charge in [-0.3, -0.25) is 0 Å². The first-order chi connectivity index (χ1) is 11.4. The molecule has 0 spiro atoms. The topological polar surface area (TPSA) is 12.0 Å². The summed E-state index contributed by atoms with van der Waals surface area (Å²) in [5.41, 5.74) is 1.25. The van der Waals surface area contributed by atoms with Crippen molar-refractivity contribution in [1.82, 2.24) is 0 Å². The third kappa shape index (κ3) is 14.9. The summed E-state index contributed by atoms with van der Waals surface area (Å²) in [7, 11) is 0. The smallest absolute Gasteiger partial charge is 0.0340 e. The van der Waals surface area contributed by atoms with Crippen LogP contribution in [0.15, 0.2) is 30.3 Å². The maximum atomic E-state index is 3.49. The highest BCUT2D eigenvalue weighted by Gasteiger charge is 1.94. The molecule has 1 rings (SSSR count). The third-order valence-corrected chi connectivity index (χ3v) is 4.63. The maximum Gasteiger partial charge on any atom is 0.0340 e. The van der Waals surface area contributed by atoms with Crippen molar-refractivity contribution < 1.29 is 0 Å². The van der Waals surface area contributed by atoms with Crippen molar-refractivity contribution >= 4 is 18.1 Å². The first-order valence-corrected chi connectivity index (χ1v) is 10.2. The lowest BCUT2D eigenvalue weighted by atomic mass is 10.0. The van der Waals surface area contributed by atoms with E-state index in [1.165, 1.54) is 95.6 Å². The van der Waals surface area contributed by atoms with Crippen molar-refractivity contribution in [2.24, 2.45) is 0 Å². The summed E-state index contributed by atoms with van der Waals surface area (Å²) in [5.74, 6) is 0. The Balaban J connectivity index is 0.00000529. The molecular formula is C22H40ClN. The number of hydrogen-bond acceptors (Lipinski definition) is 1. The molecule has 0 amide bonds. The Kier molecular flexibility index (Phi) is 18.1. The van der Waals surface area contributed by atoms with Crippen LogP contribution in [0.25, 0.3) is 0 Å². The fourth-order valence-electron chi connectivity index (χ4n) is 3.11. The van der Waals surface area contributed by atoms with Gasteiger partial charge in [-0.2, -0.15) is 0 Å². The summed E-state index contributed by atoms with van der Waals surface area (Å²) < 4.78 is 0. The summed E-state index contributed by atoms with van der Waals surface area (Å²) in [6.45, 7) is 3.40. The lowest BCUT2D eigenvalue weighted by molar-refractivity contribution is 0.537. The Morgan fingerprint density at radius 1 is 0.583 bits per heavy atom. The van der Waals surface area contributed by atoms with Crippen molar-refractivity contribution in [3.8, 4) is 0 Å². The highest BCUT2D eigenvalue weighted by molar-refractivity contribution is 5.85. The Labute approximate surface area is 157 Å². The molecule has 1 aromatic rings. The van der Waals surface area contributed by atoms with Crippen LogP contribution in [-0.4, -0.2) is 6.54 Å². The van der Waals surface area contributed by atoms with E-state index in [1.54, 1.807) is 0 Å². The van der Waals surface area contributed by atoms with Gasteiger partial charge in [0.05, 0.1) is 0 Å². The first-order valence-electron chi connectivity index (χ1n) is 10.2. The van der Waals surface area contributed by atoms with Gasteiger partial charge in [0.1, 0.15) is 0 Å². The second-order valence-corrected chi connectivity index (χ2v) is 6.89. The molecule has 0 unspecified atom stereocenters. The van der Waals surface area contributed by atoms with E-state index in [-0.39, 0.29) is 12.4 Å². The van der Waals surface area contributed by atoms with E-state index < -0.39 is 0 Å². The van der Waals surface area contributed by atoms with Gasteiger partial charge in [-0.1, -0.05) is 109 Å². The van der Waals surface area contributed by atoms with Crippen molar-refractivity contribution in [2.45, 2.75) is 96.8 Å². The lowest BCUT2D eigenvalue weighted by Crippen LogP contribution is -2.00. The minimum absolute atomic E-state index is 0. The summed E-state index contributed by atoms with van der Waals surface area (Å²) in [6, 6.07) is 10.5. The predicted molar refractivity (Wildman–Crippen MR) is 112 cm³/mol. The van der Waals surface area contributed by atoms with Crippen LogP contribution in [0.4, 0.5) is 5.69 Å². The van der Waals surface area contributed by atoms with E-state index >= 15 is 0 Å². The summed E-state index contributed by atoms with van der Waals surface area (Å²) >= 11 is 0. The summed E-state index contributed by atoms with van der Waals surface area (Å²) in [4.78, 5) is 0. The Hall–Kier alpha value is -0.690. The molecule has 0 saturated heterocycles. The van der Waals surface area contributed by atoms with Crippen molar-refractivity contribution in [3.05, 3.63) is 30.3 Å². The Morgan fingerprint density at radius 3 is 1.46 bits per heavy atom. The SMILES string of the molecule is CCCCCCCCCCCCCCCCNc1ccccc1.Cl. The monoisotopic (exact) mass is 353 g/mol. The predicted octanol–water partition coefficient (Wildman–Crippen LogP) is 8.00. The van der Waals surface area contributed by atoms with Gasteiger partial charge < -0.3 is 5.32 Å². The number of benzene rings is 1. The van der Waals surface area contributed by atoms with Gasteiger partial charge in [0.15, 0.2) is 0 Å². The standard InChI is InChI=1S/C22H39N.ClH/c1-2-3-4-5-6-7-8-9-10-11-12-13-14-18-21-23-22-19-16-15-17-20-22;/h15-17,19-20,23H,2-14,18,21H2,1H3;1H. The lowest BCUT2D eigenvalue weighted by Gasteiger charge is -2.06. The molecule has 0 aromatic heterocycles. The maximum absolute atomic E-state index is 3.49. The van der Waals surface area contributed by atoms with Gasteiger partial charge in [-0.15, -0.1) is 12.4 Å². The fourth-order valence-corrected chi connectivity index (χ4v) is 3.11. The number of para-hydroxylation sites is 1. The molecule has 1 nitrogen and oxygen atoms in total. The molecule has 0 bridgehead atoms. The Bertz CT molecular complexity index is 339. The van der Waals surface area contributed by atoms with Gasteiger partial charge in [-0.05, 0) is 18.6 Å². The van der Waals surface area contributed by atoms with Crippen molar-refractivity contribution in [3.63, 3.8) is 0 Å². The van der Waals surface area contributed by atoms with Crippen molar-refractivity contribution in [1.29, 1.82) is 0 Å². The van der Waals surface area contributed by atoms with Gasteiger partial charge in [0, 0.05) is 12.2 Å². The van der Waals surface area contributed by atoms with Gasteiger partial charge in [0.25, 0.3) is 0 Å². The normalized spacial score (nSPS) is 10.4. The highest BCUT2D eigenvalue weighted by Crippen LogP contribution is 2.13. The molecule has 0 aliphatic carbocycles. The highest BCUT2D eigenvalue weighted by atomic mass is 35.5. The quantitative estimate of drug-likeness (QED) is 0.297. The number of unbranched alkanes of at least 4 members (excludes halogenated alkanes) is 13. The van der Waals surface area contributed by atoms with E-state index in [4.69, 9.17) is 0 Å². The number of nitrogens with one attached hydrogen (secondary N) is 1. The molecular weight excluding hydrogens is 314 g/mol. The van der Waals surface area contributed by atoms with E-state index in [1.807, 2.05) is 0 Å². The van der Waals surface area contributed by atoms with E-state index in [2.05, 4.69) is 42.6 Å². The second kappa shape index (κ2) is 18.6. The Morgan fingerprint density at radius 2 is 1.00 bits per heavy atom. The van der Waals surface area contributed by atoms with Gasteiger partial charge in [-0.25, -0.2) is 0 Å². The molecule has 0 heterocycles. The molecule has 0 radical (unpaired) electrons. The van der Waals surface area contributed by atoms with Gasteiger partial charge in [0.2, 0.25) is 0 Å². The third-order valence-electron chi connectivity index (χ3n) is 4.63. The molecule has 1 aromatic carbocycles. The van der Waals surface area contributed by atoms with Crippen LogP contribution in [0.2, 0.25) is 0 Å². The second-order valence-electron chi connectivity index (χ2n) is 6.89. The number of halogens is 1.